The summed E-state index contributed by atoms with van der Waals surface area (Å²) in [5.41, 5.74) is 1.92. The summed E-state index contributed by atoms with van der Waals surface area (Å²) in [7, 11) is 0. The number of benzene rings is 2. The number of aliphatic hydroxyl groups is 1. The minimum atomic E-state index is -0.666. The van der Waals surface area contributed by atoms with Gasteiger partial charge in [-0.15, -0.1) is 0 Å². The van der Waals surface area contributed by atoms with E-state index in [4.69, 9.17) is 0 Å². The molecule has 0 radical (unpaired) electrons. The van der Waals surface area contributed by atoms with Crippen LogP contribution in [0.3, 0.4) is 0 Å². The minimum Gasteiger partial charge on any atom is -0.387 e. The second-order valence-corrected chi connectivity index (χ2v) is 5.78. The van der Waals surface area contributed by atoms with E-state index in [1.807, 2.05) is 54.6 Å². The first-order chi connectivity index (χ1) is 10.1. The van der Waals surface area contributed by atoms with Crippen molar-refractivity contribution < 1.29 is 9.90 Å². The molecule has 1 atom stereocenters. The van der Waals surface area contributed by atoms with Crippen molar-refractivity contribution in [3.05, 3.63) is 70.2 Å². The second-order valence-electron chi connectivity index (χ2n) is 4.86. The molecule has 0 spiro atoms. The highest BCUT2D eigenvalue weighted by Crippen LogP contribution is 2.13. The van der Waals surface area contributed by atoms with Crippen molar-refractivity contribution in [1.29, 1.82) is 0 Å². The number of carbonyl (C=O) groups excluding carboxylic acids is 1. The number of hydrogen-bond acceptors (Lipinski definition) is 2. The summed E-state index contributed by atoms with van der Waals surface area (Å²) in [5, 5.41) is 12.7. The van der Waals surface area contributed by atoms with Crippen LogP contribution in [0.15, 0.2) is 59.1 Å². The van der Waals surface area contributed by atoms with E-state index in [1.165, 1.54) is 0 Å². The van der Waals surface area contributed by atoms with E-state index in [0.717, 1.165) is 15.6 Å². The van der Waals surface area contributed by atoms with Crippen molar-refractivity contribution in [2.24, 2.45) is 0 Å². The number of nitrogens with one attached hydrogen (secondary N) is 1. The summed E-state index contributed by atoms with van der Waals surface area (Å²) >= 11 is 3.41. The van der Waals surface area contributed by atoms with Gasteiger partial charge in [0.15, 0.2) is 0 Å². The Morgan fingerprint density at radius 1 is 1.14 bits per heavy atom. The lowest BCUT2D eigenvalue weighted by Gasteiger charge is -2.12. The smallest absolute Gasteiger partial charge is 0.220 e. The van der Waals surface area contributed by atoms with Crippen molar-refractivity contribution in [3.8, 4) is 0 Å². The first kappa shape index (κ1) is 15.7. The molecule has 0 heterocycles. The Kier molecular flexibility index (Phi) is 5.96. The Morgan fingerprint density at radius 2 is 1.90 bits per heavy atom. The van der Waals surface area contributed by atoms with Crippen molar-refractivity contribution in [2.75, 3.05) is 6.54 Å². The first-order valence-corrected chi connectivity index (χ1v) is 7.68. The van der Waals surface area contributed by atoms with Gasteiger partial charge in [0.1, 0.15) is 0 Å². The highest BCUT2D eigenvalue weighted by Gasteiger charge is 2.09. The second kappa shape index (κ2) is 7.96. The number of carbonyl (C=O) groups is 1. The summed E-state index contributed by atoms with van der Waals surface area (Å²) in [6, 6.07) is 17.2. The van der Waals surface area contributed by atoms with Crippen LogP contribution >= 0.6 is 15.9 Å². The highest BCUT2D eigenvalue weighted by molar-refractivity contribution is 9.10. The van der Waals surface area contributed by atoms with Gasteiger partial charge in [0.05, 0.1) is 6.10 Å². The summed E-state index contributed by atoms with van der Waals surface area (Å²) < 4.78 is 1.01. The van der Waals surface area contributed by atoms with Crippen LogP contribution in [0.1, 0.15) is 23.7 Å². The molecular weight excluding hydrogens is 330 g/mol. The molecule has 0 aliphatic heterocycles. The molecule has 0 saturated heterocycles. The number of hydrogen-bond donors (Lipinski definition) is 2. The first-order valence-electron chi connectivity index (χ1n) is 6.89. The molecule has 2 aromatic carbocycles. The van der Waals surface area contributed by atoms with Gasteiger partial charge in [0.2, 0.25) is 5.91 Å². The zero-order valence-corrected chi connectivity index (χ0v) is 13.2. The van der Waals surface area contributed by atoms with Crippen LogP contribution in [-0.2, 0) is 11.2 Å². The molecule has 4 heteroatoms. The Bertz CT molecular complexity index is 586. The maximum Gasteiger partial charge on any atom is 0.220 e. The van der Waals surface area contributed by atoms with Crippen molar-refractivity contribution in [2.45, 2.75) is 18.9 Å². The van der Waals surface area contributed by atoms with Gasteiger partial charge in [-0.2, -0.15) is 0 Å². The van der Waals surface area contributed by atoms with Gasteiger partial charge >= 0.3 is 0 Å². The Hall–Kier alpha value is -1.65. The van der Waals surface area contributed by atoms with Gasteiger partial charge in [-0.3, -0.25) is 4.79 Å². The average Bonchev–Trinajstić information content (AvgIpc) is 2.51. The molecule has 0 aliphatic rings. The normalized spacial score (nSPS) is 11.9. The fourth-order valence-electron chi connectivity index (χ4n) is 2.04. The van der Waals surface area contributed by atoms with Crippen LogP contribution in [0.4, 0.5) is 0 Å². The standard InChI is InChI=1S/C17H18BrNO2/c18-15-8-4-5-13(11-15)9-10-17(21)19-12-16(20)14-6-2-1-3-7-14/h1-8,11,16,20H,9-10,12H2,(H,19,21). The number of halogens is 1. The highest BCUT2D eigenvalue weighted by atomic mass is 79.9. The average molecular weight is 348 g/mol. The molecule has 0 aromatic heterocycles. The predicted octanol–water partition coefficient (Wildman–Crippen LogP) is 3.23. The van der Waals surface area contributed by atoms with Gasteiger partial charge in [-0.1, -0.05) is 58.4 Å². The summed E-state index contributed by atoms with van der Waals surface area (Å²) in [5.74, 6) is -0.0510. The summed E-state index contributed by atoms with van der Waals surface area (Å²) in [6.07, 6.45) is 0.436. The van der Waals surface area contributed by atoms with Crippen LogP contribution in [-0.4, -0.2) is 17.6 Å². The predicted molar refractivity (Wildman–Crippen MR) is 86.9 cm³/mol. The summed E-state index contributed by atoms with van der Waals surface area (Å²) in [4.78, 5) is 11.8. The lowest BCUT2D eigenvalue weighted by molar-refractivity contribution is -0.121. The van der Waals surface area contributed by atoms with Gasteiger partial charge in [-0.25, -0.2) is 0 Å². The van der Waals surface area contributed by atoms with Crippen molar-refractivity contribution in [1.82, 2.24) is 5.32 Å². The van der Waals surface area contributed by atoms with E-state index in [0.29, 0.717) is 12.8 Å². The molecule has 21 heavy (non-hydrogen) atoms. The number of amides is 1. The molecule has 2 rings (SSSR count). The topological polar surface area (TPSA) is 49.3 Å². The maximum atomic E-state index is 11.8. The molecule has 0 saturated carbocycles. The van der Waals surface area contributed by atoms with E-state index in [2.05, 4.69) is 21.2 Å². The lowest BCUT2D eigenvalue weighted by atomic mass is 10.1. The van der Waals surface area contributed by atoms with Gasteiger partial charge in [0.25, 0.3) is 0 Å². The van der Waals surface area contributed by atoms with Crippen LogP contribution in [0.2, 0.25) is 0 Å². The summed E-state index contributed by atoms with van der Waals surface area (Å²) in [6.45, 7) is 0.237. The largest absolute Gasteiger partial charge is 0.387 e. The van der Waals surface area contributed by atoms with E-state index in [1.54, 1.807) is 0 Å². The van der Waals surface area contributed by atoms with E-state index >= 15 is 0 Å². The molecular formula is C17H18BrNO2. The van der Waals surface area contributed by atoms with Gasteiger partial charge in [-0.05, 0) is 29.7 Å². The molecule has 2 N–H and O–H groups in total. The lowest BCUT2D eigenvalue weighted by Crippen LogP contribution is -2.28. The molecule has 2 aromatic rings. The third-order valence-electron chi connectivity index (χ3n) is 3.21. The van der Waals surface area contributed by atoms with Crippen LogP contribution < -0.4 is 5.32 Å². The Balaban J connectivity index is 1.75. The molecule has 0 fully saturated rings. The van der Waals surface area contributed by atoms with E-state index < -0.39 is 6.10 Å². The van der Waals surface area contributed by atoms with Crippen LogP contribution in [0.25, 0.3) is 0 Å². The molecule has 1 unspecified atom stereocenters. The number of rotatable bonds is 6. The molecule has 3 nitrogen and oxygen atoms in total. The van der Waals surface area contributed by atoms with Gasteiger partial charge < -0.3 is 10.4 Å². The van der Waals surface area contributed by atoms with Crippen LogP contribution in [0.5, 0.6) is 0 Å². The fourth-order valence-corrected chi connectivity index (χ4v) is 2.49. The van der Waals surface area contributed by atoms with Gasteiger partial charge in [0, 0.05) is 17.4 Å². The number of aryl methyl sites for hydroxylation is 1. The third-order valence-corrected chi connectivity index (χ3v) is 3.70. The van der Waals surface area contributed by atoms with E-state index in [9.17, 15) is 9.90 Å². The monoisotopic (exact) mass is 347 g/mol. The minimum absolute atomic E-state index is 0.0510. The molecule has 0 bridgehead atoms. The molecule has 0 aliphatic carbocycles. The Morgan fingerprint density at radius 3 is 2.62 bits per heavy atom. The Labute approximate surface area is 133 Å². The molecule has 110 valence electrons. The quantitative estimate of drug-likeness (QED) is 0.842. The fraction of sp³-hybridized carbons (Fsp3) is 0.235. The zero-order chi connectivity index (χ0) is 15.1. The third kappa shape index (κ3) is 5.33. The van der Waals surface area contributed by atoms with Crippen molar-refractivity contribution in [3.63, 3.8) is 0 Å². The van der Waals surface area contributed by atoms with Crippen molar-refractivity contribution >= 4 is 21.8 Å². The molecule has 1 amide bonds. The number of aliphatic hydroxyl groups excluding tert-OH is 1. The van der Waals surface area contributed by atoms with Crippen LogP contribution in [0, 0.1) is 0 Å². The SMILES string of the molecule is O=C(CCc1cccc(Br)c1)NCC(O)c1ccccc1. The zero-order valence-electron chi connectivity index (χ0n) is 11.6. The van der Waals surface area contributed by atoms with E-state index in [-0.39, 0.29) is 12.5 Å². The maximum absolute atomic E-state index is 11.8.